The summed E-state index contributed by atoms with van der Waals surface area (Å²) in [6, 6.07) is 0. The van der Waals surface area contributed by atoms with Crippen molar-refractivity contribution < 1.29 is 0 Å². The largest absolute Gasteiger partial charge is 0.294 e. The summed E-state index contributed by atoms with van der Waals surface area (Å²) in [4.78, 5) is 5.23. The van der Waals surface area contributed by atoms with Gasteiger partial charge in [0.05, 0.1) is 6.17 Å². The average Bonchev–Trinajstić information content (AvgIpc) is 2.50. The standard InChI is InChI=1S/C10H16N4/c1-2-8-7-14-6-5-9(8)3-4-10(14)12-13-11/h2,8-10H,1,3-7H2/t8-,9+,10+/m0/s1. The third kappa shape index (κ3) is 1.63. The highest BCUT2D eigenvalue weighted by atomic mass is 15.3. The van der Waals surface area contributed by atoms with Gasteiger partial charge < -0.3 is 0 Å². The number of hydrogen-bond acceptors (Lipinski definition) is 2. The minimum atomic E-state index is 0.0925. The fourth-order valence-corrected chi connectivity index (χ4v) is 2.69. The van der Waals surface area contributed by atoms with E-state index in [4.69, 9.17) is 5.53 Å². The highest BCUT2D eigenvalue weighted by molar-refractivity contribution is 4.95. The van der Waals surface area contributed by atoms with Crippen molar-refractivity contribution in [1.82, 2.24) is 4.90 Å². The normalized spacial score (nSPS) is 41.1. The van der Waals surface area contributed by atoms with E-state index in [1.165, 1.54) is 12.8 Å². The molecule has 4 nitrogen and oxygen atoms in total. The molecule has 2 bridgehead atoms. The van der Waals surface area contributed by atoms with Crippen LogP contribution in [0, 0.1) is 11.8 Å². The van der Waals surface area contributed by atoms with Crippen molar-refractivity contribution in [3.63, 3.8) is 0 Å². The summed E-state index contributed by atoms with van der Waals surface area (Å²) in [6.45, 7) is 5.99. The van der Waals surface area contributed by atoms with Gasteiger partial charge in [0.1, 0.15) is 0 Å². The molecular formula is C10H16N4. The first kappa shape index (κ1) is 9.56. The van der Waals surface area contributed by atoms with Crippen LogP contribution in [-0.4, -0.2) is 24.2 Å². The first-order valence-electron chi connectivity index (χ1n) is 5.26. The second kappa shape index (κ2) is 4.03. The summed E-state index contributed by atoms with van der Waals surface area (Å²) in [5.41, 5.74) is 8.47. The molecule has 14 heavy (non-hydrogen) atoms. The summed E-state index contributed by atoms with van der Waals surface area (Å²) >= 11 is 0. The highest BCUT2D eigenvalue weighted by Crippen LogP contribution is 2.35. The molecule has 3 saturated heterocycles. The molecular weight excluding hydrogens is 176 g/mol. The molecule has 3 aliphatic rings. The lowest BCUT2D eigenvalue weighted by molar-refractivity contribution is 0.142. The maximum atomic E-state index is 8.47. The molecule has 4 atom stereocenters. The molecule has 0 aromatic rings. The second-order valence-corrected chi connectivity index (χ2v) is 4.21. The molecule has 0 spiro atoms. The van der Waals surface area contributed by atoms with E-state index in [2.05, 4.69) is 27.6 Å². The molecule has 3 heterocycles. The molecule has 3 aliphatic heterocycles. The van der Waals surface area contributed by atoms with Gasteiger partial charge in [-0.05, 0) is 43.2 Å². The number of azide groups is 1. The van der Waals surface area contributed by atoms with Crippen molar-refractivity contribution in [2.24, 2.45) is 17.0 Å². The van der Waals surface area contributed by atoms with Crippen LogP contribution in [0.4, 0.5) is 0 Å². The Bertz CT molecular complexity index is 269. The topological polar surface area (TPSA) is 52.0 Å². The minimum absolute atomic E-state index is 0.0925. The van der Waals surface area contributed by atoms with E-state index in [-0.39, 0.29) is 6.17 Å². The Balaban J connectivity index is 2.15. The lowest BCUT2D eigenvalue weighted by atomic mass is 9.85. The van der Waals surface area contributed by atoms with Gasteiger partial charge in [0.25, 0.3) is 0 Å². The quantitative estimate of drug-likeness (QED) is 0.287. The fraction of sp³-hybridized carbons (Fsp3) is 0.800. The van der Waals surface area contributed by atoms with Crippen LogP contribution < -0.4 is 0 Å². The zero-order valence-electron chi connectivity index (χ0n) is 8.34. The van der Waals surface area contributed by atoms with Crippen molar-refractivity contribution in [3.8, 4) is 0 Å². The van der Waals surface area contributed by atoms with Gasteiger partial charge in [-0.1, -0.05) is 11.2 Å². The molecule has 0 amide bonds. The average molecular weight is 192 g/mol. The van der Waals surface area contributed by atoms with Gasteiger partial charge >= 0.3 is 0 Å². The van der Waals surface area contributed by atoms with E-state index >= 15 is 0 Å². The maximum Gasteiger partial charge on any atom is 0.0887 e. The molecule has 0 aliphatic carbocycles. The van der Waals surface area contributed by atoms with Crippen LogP contribution >= 0.6 is 0 Å². The molecule has 3 rings (SSSR count). The summed E-state index contributed by atoms with van der Waals surface area (Å²) in [5.74, 6) is 1.37. The predicted octanol–water partition coefficient (Wildman–Crippen LogP) is 2.54. The van der Waals surface area contributed by atoms with Crippen LogP contribution in [0.1, 0.15) is 19.3 Å². The van der Waals surface area contributed by atoms with Crippen molar-refractivity contribution >= 4 is 0 Å². The van der Waals surface area contributed by atoms with Crippen molar-refractivity contribution in [1.29, 1.82) is 0 Å². The number of rotatable bonds is 2. The highest BCUT2D eigenvalue weighted by Gasteiger charge is 2.34. The Morgan fingerprint density at radius 3 is 3.00 bits per heavy atom. The second-order valence-electron chi connectivity index (χ2n) is 4.21. The zero-order valence-corrected chi connectivity index (χ0v) is 8.34. The van der Waals surface area contributed by atoms with E-state index in [1.807, 2.05) is 0 Å². The van der Waals surface area contributed by atoms with Gasteiger partial charge in [-0.15, -0.1) is 6.58 Å². The van der Waals surface area contributed by atoms with Crippen molar-refractivity contribution in [2.45, 2.75) is 25.4 Å². The van der Waals surface area contributed by atoms with Gasteiger partial charge in [0.2, 0.25) is 0 Å². The lowest BCUT2D eigenvalue weighted by Gasteiger charge is -2.34. The molecule has 4 heteroatoms. The molecule has 0 aromatic heterocycles. The molecule has 3 fully saturated rings. The monoisotopic (exact) mass is 192 g/mol. The number of nitrogens with zero attached hydrogens (tertiary/aromatic N) is 4. The van der Waals surface area contributed by atoms with Crippen LogP contribution in [0.5, 0.6) is 0 Å². The van der Waals surface area contributed by atoms with E-state index in [1.54, 1.807) is 0 Å². The van der Waals surface area contributed by atoms with Crippen LogP contribution in [0.15, 0.2) is 17.8 Å². The summed E-state index contributed by atoms with van der Waals surface area (Å²) in [6.07, 6.45) is 5.58. The first-order chi connectivity index (χ1) is 6.85. The van der Waals surface area contributed by atoms with E-state index in [0.29, 0.717) is 5.92 Å². The van der Waals surface area contributed by atoms with Gasteiger partial charge in [-0.25, -0.2) is 0 Å². The van der Waals surface area contributed by atoms with Gasteiger partial charge in [0.15, 0.2) is 0 Å². The van der Waals surface area contributed by atoms with Gasteiger partial charge in [-0.3, -0.25) is 4.90 Å². The van der Waals surface area contributed by atoms with Crippen molar-refractivity contribution in [3.05, 3.63) is 23.1 Å². The van der Waals surface area contributed by atoms with E-state index in [0.717, 1.165) is 25.4 Å². The van der Waals surface area contributed by atoms with E-state index in [9.17, 15) is 0 Å². The maximum absolute atomic E-state index is 8.47. The van der Waals surface area contributed by atoms with Crippen LogP contribution in [0.2, 0.25) is 0 Å². The molecule has 0 radical (unpaired) electrons. The Labute approximate surface area is 84.2 Å². The van der Waals surface area contributed by atoms with Crippen LogP contribution in [-0.2, 0) is 0 Å². The Hall–Kier alpha value is -0.990. The molecule has 0 saturated carbocycles. The third-order valence-corrected chi connectivity index (χ3v) is 3.54. The fourth-order valence-electron chi connectivity index (χ4n) is 2.69. The first-order valence-corrected chi connectivity index (χ1v) is 5.26. The van der Waals surface area contributed by atoms with Crippen molar-refractivity contribution in [2.75, 3.05) is 13.1 Å². The minimum Gasteiger partial charge on any atom is -0.294 e. The lowest BCUT2D eigenvalue weighted by Crippen LogP contribution is -2.40. The SMILES string of the molecule is C=C[C@H]1CN2CC[C@H]1CC[C@@H]2N=[N+]=[N-]. The molecule has 1 unspecified atom stereocenters. The smallest absolute Gasteiger partial charge is 0.0887 e. The number of fused-ring (bicyclic) bond motifs is 4. The van der Waals surface area contributed by atoms with E-state index < -0.39 is 0 Å². The number of piperidine rings is 1. The van der Waals surface area contributed by atoms with Gasteiger partial charge in [-0.2, -0.15) is 0 Å². The predicted molar refractivity (Wildman–Crippen MR) is 55.5 cm³/mol. The van der Waals surface area contributed by atoms with Gasteiger partial charge in [0, 0.05) is 11.5 Å². The van der Waals surface area contributed by atoms with Crippen LogP contribution in [0.3, 0.4) is 0 Å². The zero-order chi connectivity index (χ0) is 9.97. The Morgan fingerprint density at radius 1 is 1.43 bits per heavy atom. The summed E-state index contributed by atoms with van der Waals surface area (Å²) in [7, 11) is 0. The Kier molecular flexibility index (Phi) is 2.75. The molecule has 0 aromatic carbocycles. The number of hydrogen-bond donors (Lipinski definition) is 0. The third-order valence-electron chi connectivity index (χ3n) is 3.54. The summed E-state index contributed by atoms with van der Waals surface area (Å²) < 4.78 is 0. The molecule has 76 valence electrons. The summed E-state index contributed by atoms with van der Waals surface area (Å²) in [5, 5.41) is 3.86. The Morgan fingerprint density at radius 2 is 2.29 bits per heavy atom. The molecule has 0 N–H and O–H groups in total. The van der Waals surface area contributed by atoms with Crippen LogP contribution in [0.25, 0.3) is 10.4 Å².